The number of piperidine rings is 1. The molecule has 0 spiro atoms. The van der Waals surface area contributed by atoms with E-state index in [0.717, 1.165) is 25.1 Å². The van der Waals surface area contributed by atoms with Gasteiger partial charge in [0.15, 0.2) is 0 Å². The number of phenolic OH excluding ortho intramolecular Hbond substituents is 1. The summed E-state index contributed by atoms with van der Waals surface area (Å²) in [5, 5.41) is 16.0. The van der Waals surface area contributed by atoms with Gasteiger partial charge in [0.25, 0.3) is 5.91 Å². The first-order chi connectivity index (χ1) is 8.58. The highest BCUT2D eigenvalue weighted by Crippen LogP contribution is 2.19. The van der Waals surface area contributed by atoms with Gasteiger partial charge in [0.2, 0.25) is 0 Å². The molecule has 1 aromatic rings. The quantitative estimate of drug-likeness (QED) is 0.742. The Morgan fingerprint density at radius 1 is 1.50 bits per heavy atom. The normalized spacial score (nSPS) is 23.7. The van der Waals surface area contributed by atoms with Crippen LogP contribution in [0.1, 0.15) is 29.3 Å². The van der Waals surface area contributed by atoms with E-state index in [1.807, 2.05) is 6.92 Å². The fourth-order valence-electron chi connectivity index (χ4n) is 2.31. The number of aryl methyl sites for hydroxylation is 1. The first-order valence-corrected chi connectivity index (χ1v) is 6.39. The molecule has 0 aliphatic carbocycles. The number of carbonyl (C=O) groups excluding carboxylic acids is 1. The van der Waals surface area contributed by atoms with Crippen molar-refractivity contribution in [2.24, 2.45) is 5.92 Å². The molecule has 2 atom stereocenters. The van der Waals surface area contributed by atoms with E-state index >= 15 is 0 Å². The highest BCUT2D eigenvalue weighted by molar-refractivity contribution is 5.97. The molecule has 0 radical (unpaired) electrons. The summed E-state index contributed by atoms with van der Waals surface area (Å²) in [6.45, 7) is 5.87. The van der Waals surface area contributed by atoms with Crippen LogP contribution in [0.5, 0.6) is 5.75 Å². The second-order valence-corrected chi connectivity index (χ2v) is 5.07. The lowest BCUT2D eigenvalue weighted by Gasteiger charge is -2.30. The Morgan fingerprint density at radius 3 is 3.00 bits per heavy atom. The van der Waals surface area contributed by atoms with Gasteiger partial charge in [-0.2, -0.15) is 0 Å². The minimum absolute atomic E-state index is 0.0414. The summed E-state index contributed by atoms with van der Waals surface area (Å²) in [7, 11) is 0. The van der Waals surface area contributed by atoms with Crippen molar-refractivity contribution in [3.05, 3.63) is 29.3 Å². The van der Waals surface area contributed by atoms with Crippen molar-refractivity contribution in [2.75, 3.05) is 13.1 Å². The van der Waals surface area contributed by atoms with Crippen molar-refractivity contribution in [3.8, 4) is 5.75 Å². The lowest BCUT2D eigenvalue weighted by Crippen LogP contribution is -2.48. The maximum Gasteiger partial charge on any atom is 0.255 e. The molecule has 1 heterocycles. The maximum atomic E-state index is 12.1. The van der Waals surface area contributed by atoms with E-state index in [2.05, 4.69) is 17.6 Å². The van der Waals surface area contributed by atoms with E-state index in [9.17, 15) is 9.90 Å². The lowest BCUT2D eigenvalue weighted by atomic mass is 9.95. The minimum Gasteiger partial charge on any atom is -0.507 e. The molecule has 18 heavy (non-hydrogen) atoms. The average molecular weight is 248 g/mol. The fraction of sp³-hybridized carbons (Fsp3) is 0.500. The number of nitrogens with one attached hydrogen (secondary N) is 2. The summed E-state index contributed by atoms with van der Waals surface area (Å²) in [4.78, 5) is 12.1. The Bertz CT molecular complexity index is 445. The largest absolute Gasteiger partial charge is 0.507 e. The van der Waals surface area contributed by atoms with Gasteiger partial charge in [-0.1, -0.05) is 18.6 Å². The van der Waals surface area contributed by atoms with Crippen LogP contribution < -0.4 is 10.6 Å². The average Bonchev–Trinajstić information content (AvgIpc) is 2.35. The van der Waals surface area contributed by atoms with Crippen LogP contribution in [0.15, 0.2) is 18.2 Å². The molecule has 1 aliphatic rings. The first-order valence-electron chi connectivity index (χ1n) is 6.39. The van der Waals surface area contributed by atoms with E-state index in [1.54, 1.807) is 18.2 Å². The Hall–Kier alpha value is -1.55. The third-order valence-electron chi connectivity index (χ3n) is 3.50. The molecule has 1 aromatic carbocycles. The monoisotopic (exact) mass is 248 g/mol. The summed E-state index contributed by atoms with van der Waals surface area (Å²) < 4.78 is 0. The molecule has 4 nitrogen and oxygen atoms in total. The SMILES string of the molecule is Cc1ccc(O)c(C(=O)NC2CCNCC2C)c1. The van der Waals surface area contributed by atoms with Crippen molar-refractivity contribution >= 4 is 5.91 Å². The number of benzene rings is 1. The van der Waals surface area contributed by atoms with Gasteiger partial charge in [-0.25, -0.2) is 0 Å². The van der Waals surface area contributed by atoms with Gasteiger partial charge in [0.1, 0.15) is 5.75 Å². The van der Waals surface area contributed by atoms with Crippen molar-refractivity contribution < 1.29 is 9.90 Å². The van der Waals surface area contributed by atoms with Crippen LogP contribution in [-0.2, 0) is 0 Å². The Kier molecular flexibility index (Phi) is 3.87. The minimum atomic E-state index is -0.185. The van der Waals surface area contributed by atoms with Crippen molar-refractivity contribution in [3.63, 3.8) is 0 Å². The Labute approximate surface area is 107 Å². The molecule has 98 valence electrons. The van der Waals surface area contributed by atoms with E-state index in [0.29, 0.717) is 11.5 Å². The number of hydrogen-bond acceptors (Lipinski definition) is 3. The van der Waals surface area contributed by atoms with Gasteiger partial charge < -0.3 is 15.7 Å². The number of hydrogen-bond donors (Lipinski definition) is 3. The molecule has 2 unspecified atom stereocenters. The number of amides is 1. The molecule has 0 bridgehead atoms. The third-order valence-corrected chi connectivity index (χ3v) is 3.50. The van der Waals surface area contributed by atoms with Gasteiger partial charge >= 0.3 is 0 Å². The van der Waals surface area contributed by atoms with Crippen LogP contribution in [0, 0.1) is 12.8 Å². The van der Waals surface area contributed by atoms with Crippen LogP contribution in [-0.4, -0.2) is 30.1 Å². The molecule has 0 saturated carbocycles. The third kappa shape index (κ3) is 2.82. The second-order valence-electron chi connectivity index (χ2n) is 5.07. The summed E-state index contributed by atoms with van der Waals surface area (Å²) in [5.41, 5.74) is 1.33. The highest BCUT2D eigenvalue weighted by Gasteiger charge is 2.23. The topological polar surface area (TPSA) is 61.4 Å². The standard InChI is InChI=1S/C14H20N2O2/c1-9-3-4-13(17)11(7-9)14(18)16-12-5-6-15-8-10(12)2/h3-4,7,10,12,15,17H,5-6,8H2,1-2H3,(H,16,18). The van der Waals surface area contributed by atoms with Crippen LogP contribution in [0.25, 0.3) is 0 Å². The van der Waals surface area contributed by atoms with E-state index in [1.165, 1.54) is 0 Å². The van der Waals surface area contributed by atoms with Crippen molar-refractivity contribution in [2.45, 2.75) is 26.3 Å². The Balaban J connectivity index is 2.09. The lowest BCUT2D eigenvalue weighted by molar-refractivity contribution is 0.0911. The molecule has 3 N–H and O–H groups in total. The molecule has 1 aliphatic heterocycles. The predicted octanol–water partition coefficient (Wildman–Crippen LogP) is 1.43. The molecule has 4 heteroatoms. The fourth-order valence-corrected chi connectivity index (χ4v) is 2.31. The van der Waals surface area contributed by atoms with Crippen molar-refractivity contribution in [1.29, 1.82) is 0 Å². The zero-order valence-electron chi connectivity index (χ0n) is 10.9. The first kappa shape index (κ1) is 12.9. The summed E-state index contributed by atoms with van der Waals surface area (Å²) in [6.07, 6.45) is 0.930. The summed E-state index contributed by atoms with van der Waals surface area (Å²) in [6, 6.07) is 5.25. The van der Waals surface area contributed by atoms with E-state index in [-0.39, 0.29) is 17.7 Å². The second kappa shape index (κ2) is 5.40. The molecule has 1 fully saturated rings. The molecule has 0 aromatic heterocycles. The molecule has 2 rings (SSSR count). The molecular formula is C14H20N2O2. The van der Waals surface area contributed by atoms with E-state index < -0.39 is 0 Å². The number of rotatable bonds is 2. The zero-order valence-corrected chi connectivity index (χ0v) is 10.9. The highest BCUT2D eigenvalue weighted by atomic mass is 16.3. The molecule has 1 amide bonds. The number of carbonyl (C=O) groups is 1. The number of aromatic hydroxyl groups is 1. The zero-order chi connectivity index (χ0) is 13.1. The maximum absolute atomic E-state index is 12.1. The van der Waals surface area contributed by atoms with Gasteiger partial charge in [-0.15, -0.1) is 0 Å². The van der Waals surface area contributed by atoms with E-state index in [4.69, 9.17) is 0 Å². The van der Waals surface area contributed by atoms with Crippen LogP contribution in [0.3, 0.4) is 0 Å². The van der Waals surface area contributed by atoms with Crippen LogP contribution >= 0.6 is 0 Å². The summed E-state index contributed by atoms with van der Waals surface area (Å²) in [5.74, 6) is 0.268. The van der Waals surface area contributed by atoms with Crippen LogP contribution in [0.2, 0.25) is 0 Å². The van der Waals surface area contributed by atoms with Gasteiger partial charge in [-0.3, -0.25) is 4.79 Å². The van der Waals surface area contributed by atoms with Gasteiger partial charge in [0, 0.05) is 6.04 Å². The van der Waals surface area contributed by atoms with Gasteiger partial charge in [0.05, 0.1) is 5.56 Å². The summed E-state index contributed by atoms with van der Waals surface area (Å²) >= 11 is 0. The van der Waals surface area contributed by atoms with Crippen LogP contribution in [0.4, 0.5) is 0 Å². The number of phenols is 1. The predicted molar refractivity (Wildman–Crippen MR) is 70.7 cm³/mol. The molecular weight excluding hydrogens is 228 g/mol. The van der Waals surface area contributed by atoms with Gasteiger partial charge in [-0.05, 0) is 44.5 Å². The smallest absolute Gasteiger partial charge is 0.255 e. The van der Waals surface area contributed by atoms with Crippen molar-refractivity contribution in [1.82, 2.24) is 10.6 Å². The molecule has 1 saturated heterocycles. The Morgan fingerprint density at radius 2 is 2.28 bits per heavy atom.